The lowest BCUT2D eigenvalue weighted by Crippen LogP contribution is -2.14. The molecule has 0 fully saturated rings. The van der Waals surface area contributed by atoms with Crippen LogP contribution in [0.25, 0.3) is 0 Å². The number of hydrogen-bond acceptors (Lipinski definition) is 2. The summed E-state index contributed by atoms with van der Waals surface area (Å²) in [7, 11) is -3.59. The predicted molar refractivity (Wildman–Crippen MR) is 90.0 cm³/mol. The monoisotopic (exact) mass is 365 g/mol. The highest BCUT2D eigenvalue weighted by atomic mass is 79.9. The van der Waals surface area contributed by atoms with Crippen LogP contribution in [0.2, 0.25) is 0 Å². The smallest absolute Gasteiger partial charge is 0.261 e. The molecule has 3 nitrogen and oxygen atoms in total. The van der Waals surface area contributed by atoms with E-state index in [0.717, 1.165) is 15.6 Å². The van der Waals surface area contributed by atoms with Gasteiger partial charge in [0.2, 0.25) is 0 Å². The normalized spacial score (nSPS) is 11.1. The van der Waals surface area contributed by atoms with Crippen LogP contribution in [-0.2, 0) is 16.4 Å². The Balaban J connectivity index is 2.39. The molecule has 0 aliphatic heterocycles. The third kappa shape index (κ3) is 3.74. The van der Waals surface area contributed by atoms with Crippen LogP contribution in [0, 0.1) is 6.92 Å². The number of allylic oxidation sites excluding steroid dienone is 1. The largest absolute Gasteiger partial charge is 0.279 e. The zero-order valence-electron chi connectivity index (χ0n) is 11.6. The van der Waals surface area contributed by atoms with Crippen LogP contribution in [-0.4, -0.2) is 8.42 Å². The molecule has 110 valence electrons. The molecule has 0 saturated heterocycles. The number of aryl methyl sites for hydroxylation is 1. The van der Waals surface area contributed by atoms with Crippen LogP contribution in [0.5, 0.6) is 0 Å². The van der Waals surface area contributed by atoms with E-state index in [2.05, 4.69) is 27.2 Å². The van der Waals surface area contributed by atoms with Gasteiger partial charge in [0.05, 0.1) is 10.6 Å². The quantitative estimate of drug-likeness (QED) is 0.803. The molecule has 0 heterocycles. The van der Waals surface area contributed by atoms with Gasteiger partial charge in [-0.3, -0.25) is 4.72 Å². The van der Waals surface area contributed by atoms with Gasteiger partial charge in [0.25, 0.3) is 10.0 Å². The first kappa shape index (κ1) is 15.8. The second kappa shape index (κ2) is 6.45. The van der Waals surface area contributed by atoms with E-state index < -0.39 is 10.0 Å². The Labute approximate surface area is 133 Å². The third-order valence-electron chi connectivity index (χ3n) is 3.04. The van der Waals surface area contributed by atoms with Crippen molar-refractivity contribution in [1.82, 2.24) is 0 Å². The molecule has 5 heteroatoms. The van der Waals surface area contributed by atoms with E-state index >= 15 is 0 Å². The topological polar surface area (TPSA) is 46.2 Å². The van der Waals surface area contributed by atoms with Crippen LogP contribution in [0.15, 0.2) is 64.5 Å². The van der Waals surface area contributed by atoms with E-state index in [0.29, 0.717) is 12.1 Å². The Hall–Kier alpha value is -1.59. The minimum absolute atomic E-state index is 0.248. The van der Waals surface area contributed by atoms with E-state index in [9.17, 15) is 8.42 Å². The van der Waals surface area contributed by atoms with Gasteiger partial charge >= 0.3 is 0 Å². The van der Waals surface area contributed by atoms with Gasteiger partial charge in [-0.2, -0.15) is 0 Å². The summed E-state index contributed by atoms with van der Waals surface area (Å²) in [6, 6.07) is 12.2. The molecule has 2 aromatic carbocycles. The van der Waals surface area contributed by atoms with Crippen molar-refractivity contribution in [1.29, 1.82) is 0 Å². The highest BCUT2D eigenvalue weighted by Crippen LogP contribution is 2.27. The summed E-state index contributed by atoms with van der Waals surface area (Å²) < 4.78 is 28.4. The maximum atomic E-state index is 12.4. The van der Waals surface area contributed by atoms with Gasteiger partial charge in [-0.05, 0) is 43.2 Å². The van der Waals surface area contributed by atoms with Crippen LogP contribution in [0.3, 0.4) is 0 Å². The Morgan fingerprint density at radius 2 is 1.86 bits per heavy atom. The molecule has 2 aromatic rings. The van der Waals surface area contributed by atoms with Gasteiger partial charge in [0.1, 0.15) is 0 Å². The fourth-order valence-electron chi connectivity index (χ4n) is 1.93. The van der Waals surface area contributed by atoms with Crippen molar-refractivity contribution in [3.63, 3.8) is 0 Å². The molecule has 21 heavy (non-hydrogen) atoms. The molecule has 0 saturated carbocycles. The SMILES string of the molecule is C=CCc1c(Br)cccc1NS(=O)(=O)c1ccc(C)cc1. The van der Waals surface area contributed by atoms with Gasteiger partial charge < -0.3 is 0 Å². The highest BCUT2D eigenvalue weighted by Gasteiger charge is 2.16. The maximum Gasteiger partial charge on any atom is 0.261 e. The summed E-state index contributed by atoms with van der Waals surface area (Å²) in [6.07, 6.45) is 2.32. The number of sulfonamides is 1. The van der Waals surface area contributed by atoms with Crippen molar-refractivity contribution in [2.45, 2.75) is 18.2 Å². The zero-order chi connectivity index (χ0) is 15.5. The predicted octanol–water partition coefficient (Wildman–Crippen LogP) is 4.29. The summed E-state index contributed by atoms with van der Waals surface area (Å²) >= 11 is 3.44. The van der Waals surface area contributed by atoms with E-state index in [-0.39, 0.29) is 4.90 Å². The summed E-state index contributed by atoms with van der Waals surface area (Å²) in [5.41, 5.74) is 2.44. The Bertz CT molecular complexity index is 752. The lowest BCUT2D eigenvalue weighted by Gasteiger charge is -2.13. The van der Waals surface area contributed by atoms with E-state index in [1.54, 1.807) is 42.5 Å². The van der Waals surface area contributed by atoms with Gasteiger partial charge in [-0.25, -0.2) is 8.42 Å². The average Bonchev–Trinajstić information content (AvgIpc) is 2.43. The third-order valence-corrected chi connectivity index (χ3v) is 5.17. The maximum absolute atomic E-state index is 12.4. The fraction of sp³-hybridized carbons (Fsp3) is 0.125. The molecule has 0 bridgehead atoms. The van der Waals surface area contributed by atoms with Gasteiger partial charge in [-0.1, -0.05) is 45.8 Å². The number of anilines is 1. The molecule has 2 rings (SSSR count). The number of nitrogens with one attached hydrogen (secondary N) is 1. The zero-order valence-corrected chi connectivity index (χ0v) is 14.0. The molecular weight excluding hydrogens is 350 g/mol. The van der Waals surface area contributed by atoms with Crippen LogP contribution < -0.4 is 4.72 Å². The Kier molecular flexibility index (Phi) is 4.85. The molecule has 0 atom stereocenters. The molecular formula is C16H16BrNO2S. The van der Waals surface area contributed by atoms with Crippen molar-refractivity contribution in [3.05, 3.63) is 70.7 Å². The second-order valence-electron chi connectivity index (χ2n) is 4.68. The molecule has 0 aliphatic carbocycles. The van der Waals surface area contributed by atoms with Crippen LogP contribution in [0.4, 0.5) is 5.69 Å². The molecule has 0 spiro atoms. The first-order chi connectivity index (χ1) is 9.94. The molecule has 1 N–H and O–H groups in total. The van der Waals surface area contributed by atoms with E-state index in [1.165, 1.54) is 0 Å². The lowest BCUT2D eigenvalue weighted by molar-refractivity contribution is 0.601. The number of benzene rings is 2. The highest BCUT2D eigenvalue weighted by molar-refractivity contribution is 9.10. The Morgan fingerprint density at radius 1 is 1.19 bits per heavy atom. The van der Waals surface area contributed by atoms with Crippen molar-refractivity contribution >= 4 is 31.6 Å². The van der Waals surface area contributed by atoms with E-state index in [1.807, 2.05) is 13.0 Å². The van der Waals surface area contributed by atoms with Crippen LogP contribution in [0.1, 0.15) is 11.1 Å². The molecule has 0 aromatic heterocycles. The van der Waals surface area contributed by atoms with Gasteiger partial charge in [-0.15, -0.1) is 6.58 Å². The lowest BCUT2D eigenvalue weighted by atomic mass is 10.1. The van der Waals surface area contributed by atoms with Crippen LogP contribution >= 0.6 is 15.9 Å². The molecule has 0 amide bonds. The molecule has 0 unspecified atom stereocenters. The molecule has 0 radical (unpaired) electrons. The van der Waals surface area contributed by atoms with Gasteiger partial charge in [0.15, 0.2) is 0 Å². The number of halogens is 1. The van der Waals surface area contributed by atoms with Gasteiger partial charge in [0, 0.05) is 4.47 Å². The summed E-state index contributed by atoms with van der Waals surface area (Å²) in [6.45, 7) is 5.62. The van der Waals surface area contributed by atoms with Crippen molar-refractivity contribution in [2.24, 2.45) is 0 Å². The summed E-state index contributed by atoms with van der Waals surface area (Å²) in [5.74, 6) is 0. The molecule has 0 aliphatic rings. The second-order valence-corrected chi connectivity index (χ2v) is 7.21. The van der Waals surface area contributed by atoms with Crippen molar-refractivity contribution in [3.8, 4) is 0 Å². The summed E-state index contributed by atoms with van der Waals surface area (Å²) in [5, 5.41) is 0. The van der Waals surface area contributed by atoms with Crippen molar-refractivity contribution < 1.29 is 8.42 Å². The van der Waals surface area contributed by atoms with Crippen molar-refractivity contribution in [2.75, 3.05) is 4.72 Å². The first-order valence-electron chi connectivity index (χ1n) is 6.42. The Morgan fingerprint density at radius 3 is 2.48 bits per heavy atom. The first-order valence-corrected chi connectivity index (χ1v) is 8.69. The number of rotatable bonds is 5. The standard InChI is InChI=1S/C16H16BrNO2S/c1-3-5-14-15(17)6-4-7-16(14)18-21(19,20)13-10-8-12(2)9-11-13/h3-4,6-11,18H,1,5H2,2H3. The van der Waals surface area contributed by atoms with E-state index in [4.69, 9.17) is 0 Å². The summed E-state index contributed by atoms with van der Waals surface area (Å²) in [4.78, 5) is 0.248. The minimum atomic E-state index is -3.59. The average molecular weight is 366 g/mol. The fourth-order valence-corrected chi connectivity index (χ4v) is 3.55. The minimum Gasteiger partial charge on any atom is -0.279 e. The number of hydrogen-bond donors (Lipinski definition) is 1.